The summed E-state index contributed by atoms with van der Waals surface area (Å²) in [5.74, 6) is -0.377. The number of benzene rings is 1. The molecule has 24 heavy (non-hydrogen) atoms. The summed E-state index contributed by atoms with van der Waals surface area (Å²) in [5.41, 5.74) is 1.23. The lowest BCUT2D eigenvalue weighted by atomic mass is 9.87. The van der Waals surface area contributed by atoms with Gasteiger partial charge in [-0.1, -0.05) is 39.0 Å². The summed E-state index contributed by atoms with van der Waals surface area (Å²) >= 11 is 0. The van der Waals surface area contributed by atoms with E-state index >= 15 is 0 Å². The number of carbonyl (C=O) groups is 2. The Morgan fingerprint density at radius 2 is 1.75 bits per heavy atom. The van der Waals surface area contributed by atoms with Gasteiger partial charge < -0.3 is 14.8 Å². The van der Waals surface area contributed by atoms with Crippen LogP contribution in [0.3, 0.4) is 0 Å². The van der Waals surface area contributed by atoms with Crippen molar-refractivity contribution < 1.29 is 19.1 Å². The molecule has 0 radical (unpaired) electrons. The third kappa shape index (κ3) is 6.07. The molecule has 0 bridgehead atoms. The van der Waals surface area contributed by atoms with Crippen LogP contribution in [0, 0.1) is 0 Å². The molecule has 1 rings (SSSR count). The van der Waals surface area contributed by atoms with Gasteiger partial charge in [0.15, 0.2) is 12.2 Å². The Hall–Kier alpha value is -2.30. The maximum Gasteiger partial charge on any atom is 0.347 e. The zero-order valence-corrected chi connectivity index (χ0v) is 15.1. The number of rotatable bonds is 7. The van der Waals surface area contributed by atoms with Gasteiger partial charge in [-0.2, -0.15) is 0 Å². The topological polar surface area (TPSA) is 64.6 Å². The third-order valence-corrected chi connectivity index (χ3v) is 3.45. The summed E-state index contributed by atoms with van der Waals surface area (Å²) < 4.78 is 10.7. The lowest BCUT2D eigenvalue weighted by Crippen LogP contribution is -2.38. The number of hydrogen-bond donors (Lipinski definition) is 1. The van der Waals surface area contributed by atoms with Gasteiger partial charge in [-0.25, -0.2) is 4.79 Å². The predicted molar refractivity (Wildman–Crippen MR) is 94.0 cm³/mol. The van der Waals surface area contributed by atoms with E-state index < -0.39 is 18.2 Å². The Bertz CT molecular complexity index is 572. The molecule has 0 aromatic heterocycles. The van der Waals surface area contributed by atoms with Gasteiger partial charge in [0, 0.05) is 6.54 Å². The molecule has 0 unspecified atom stereocenters. The Morgan fingerprint density at radius 3 is 2.25 bits per heavy atom. The van der Waals surface area contributed by atoms with E-state index in [-0.39, 0.29) is 11.3 Å². The molecule has 0 fully saturated rings. The molecule has 1 N–H and O–H groups in total. The van der Waals surface area contributed by atoms with Gasteiger partial charge in [0.1, 0.15) is 5.75 Å². The van der Waals surface area contributed by atoms with Crippen LogP contribution < -0.4 is 10.1 Å². The van der Waals surface area contributed by atoms with Crippen molar-refractivity contribution in [3.63, 3.8) is 0 Å². The van der Waals surface area contributed by atoms with Gasteiger partial charge in [-0.3, -0.25) is 4.79 Å². The van der Waals surface area contributed by atoms with Gasteiger partial charge in [0.05, 0.1) is 0 Å². The summed E-state index contributed by atoms with van der Waals surface area (Å²) in [7, 11) is 0. The molecule has 0 heterocycles. The number of carbonyl (C=O) groups excluding carboxylic acids is 2. The summed E-state index contributed by atoms with van der Waals surface area (Å²) in [6.07, 6.45) is -0.133. The monoisotopic (exact) mass is 333 g/mol. The smallest absolute Gasteiger partial charge is 0.347 e. The van der Waals surface area contributed by atoms with Crippen molar-refractivity contribution in [2.24, 2.45) is 0 Å². The molecule has 0 aliphatic heterocycles. The quantitative estimate of drug-likeness (QED) is 0.615. The molecule has 0 spiro atoms. The SMILES string of the molecule is C=CCNC(=O)[C@@H](C)OC(=O)[C@H](C)Oc1ccc(C(C)(C)C)cc1. The van der Waals surface area contributed by atoms with Crippen LogP contribution in [0.1, 0.15) is 40.2 Å². The van der Waals surface area contributed by atoms with Crippen LogP contribution in [0.15, 0.2) is 36.9 Å². The van der Waals surface area contributed by atoms with E-state index in [0.29, 0.717) is 12.3 Å². The summed E-state index contributed by atoms with van der Waals surface area (Å²) in [6.45, 7) is 13.3. The van der Waals surface area contributed by atoms with Gasteiger partial charge >= 0.3 is 5.97 Å². The van der Waals surface area contributed by atoms with Crippen LogP contribution >= 0.6 is 0 Å². The average molecular weight is 333 g/mol. The molecular formula is C19H27NO4. The first kappa shape index (κ1) is 19.7. The van der Waals surface area contributed by atoms with Crippen LogP contribution in [0.5, 0.6) is 5.75 Å². The predicted octanol–water partition coefficient (Wildman–Crippen LogP) is 2.99. The maximum absolute atomic E-state index is 12.0. The van der Waals surface area contributed by atoms with E-state index in [0.717, 1.165) is 0 Å². The van der Waals surface area contributed by atoms with E-state index in [1.165, 1.54) is 12.5 Å². The normalized spacial score (nSPS) is 13.5. The van der Waals surface area contributed by atoms with Crippen LogP contribution in [0.4, 0.5) is 0 Å². The Kier molecular flexibility index (Phi) is 7.01. The largest absolute Gasteiger partial charge is 0.479 e. The molecule has 0 aliphatic carbocycles. The van der Waals surface area contributed by atoms with Crippen molar-refractivity contribution in [3.8, 4) is 5.75 Å². The minimum Gasteiger partial charge on any atom is -0.479 e. The highest BCUT2D eigenvalue weighted by Gasteiger charge is 2.23. The Balaban J connectivity index is 2.57. The second-order valence-corrected chi connectivity index (χ2v) is 6.65. The van der Waals surface area contributed by atoms with Gasteiger partial charge in [0.2, 0.25) is 0 Å². The third-order valence-electron chi connectivity index (χ3n) is 3.45. The molecule has 0 saturated heterocycles. The molecule has 5 nitrogen and oxygen atoms in total. The molecule has 1 aromatic rings. The second-order valence-electron chi connectivity index (χ2n) is 6.65. The van der Waals surface area contributed by atoms with Crippen molar-refractivity contribution in [1.82, 2.24) is 5.32 Å². The Labute approximate surface area is 144 Å². The highest BCUT2D eigenvalue weighted by atomic mass is 16.6. The first-order chi connectivity index (χ1) is 11.1. The van der Waals surface area contributed by atoms with Gasteiger partial charge in [-0.15, -0.1) is 6.58 Å². The minimum absolute atomic E-state index is 0.0529. The molecule has 2 atom stereocenters. The van der Waals surface area contributed by atoms with Crippen molar-refractivity contribution in [2.75, 3.05) is 6.54 Å². The first-order valence-corrected chi connectivity index (χ1v) is 8.01. The first-order valence-electron chi connectivity index (χ1n) is 8.01. The van der Waals surface area contributed by atoms with Crippen LogP contribution in [0.2, 0.25) is 0 Å². The molecule has 132 valence electrons. The van der Waals surface area contributed by atoms with Crippen molar-refractivity contribution in [2.45, 2.75) is 52.2 Å². The minimum atomic E-state index is -0.883. The van der Waals surface area contributed by atoms with Crippen LogP contribution in [-0.2, 0) is 19.7 Å². The molecule has 5 heteroatoms. The molecule has 1 aromatic carbocycles. The van der Waals surface area contributed by atoms with Crippen molar-refractivity contribution in [1.29, 1.82) is 0 Å². The van der Waals surface area contributed by atoms with E-state index in [2.05, 4.69) is 32.7 Å². The fourth-order valence-electron chi connectivity index (χ4n) is 1.93. The molecule has 0 aliphatic rings. The Morgan fingerprint density at radius 1 is 1.17 bits per heavy atom. The van der Waals surface area contributed by atoms with E-state index in [9.17, 15) is 9.59 Å². The maximum atomic E-state index is 12.0. The standard InChI is InChI=1S/C19H27NO4/c1-7-12-20-17(21)13(2)24-18(22)14(3)23-16-10-8-15(9-11-16)19(4,5)6/h7-11,13-14H,1,12H2,2-6H3,(H,20,21)/t13-,14+/m1/s1. The zero-order chi connectivity index (χ0) is 18.3. The summed E-state index contributed by atoms with van der Waals surface area (Å²) in [5, 5.41) is 2.57. The average Bonchev–Trinajstić information content (AvgIpc) is 2.51. The van der Waals surface area contributed by atoms with E-state index in [1.54, 1.807) is 13.0 Å². The van der Waals surface area contributed by atoms with Crippen LogP contribution in [-0.4, -0.2) is 30.6 Å². The zero-order valence-electron chi connectivity index (χ0n) is 15.1. The van der Waals surface area contributed by atoms with Crippen molar-refractivity contribution >= 4 is 11.9 Å². The lowest BCUT2D eigenvalue weighted by Gasteiger charge is -2.20. The summed E-state index contributed by atoms with van der Waals surface area (Å²) in [6, 6.07) is 7.59. The highest BCUT2D eigenvalue weighted by molar-refractivity contribution is 5.84. The number of nitrogens with one attached hydrogen (secondary N) is 1. The van der Waals surface area contributed by atoms with Crippen LogP contribution in [0.25, 0.3) is 0 Å². The fourth-order valence-corrected chi connectivity index (χ4v) is 1.93. The molecular weight excluding hydrogens is 306 g/mol. The van der Waals surface area contributed by atoms with Gasteiger partial charge in [-0.05, 0) is 37.0 Å². The number of amides is 1. The molecule has 1 amide bonds. The van der Waals surface area contributed by atoms with E-state index in [1.807, 2.05) is 24.3 Å². The highest BCUT2D eigenvalue weighted by Crippen LogP contribution is 2.24. The lowest BCUT2D eigenvalue weighted by molar-refractivity contribution is -0.160. The van der Waals surface area contributed by atoms with Crippen molar-refractivity contribution in [3.05, 3.63) is 42.5 Å². The molecule has 0 saturated carbocycles. The fraction of sp³-hybridized carbons (Fsp3) is 0.474. The summed E-state index contributed by atoms with van der Waals surface area (Å²) in [4.78, 5) is 23.7. The van der Waals surface area contributed by atoms with Gasteiger partial charge in [0.25, 0.3) is 5.91 Å². The van der Waals surface area contributed by atoms with E-state index in [4.69, 9.17) is 9.47 Å². The number of esters is 1. The second kappa shape index (κ2) is 8.52. The number of hydrogen-bond acceptors (Lipinski definition) is 4. The number of ether oxygens (including phenoxy) is 2.